The van der Waals surface area contributed by atoms with Gasteiger partial charge in [-0.3, -0.25) is 38.9 Å². The van der Waals surface area contributed by atoms with E-state index in [4.69, 9.17) is 14.2 Å². The second-order valence-corrected chi connectivity index (χ2v) is 28.4. The van der Waals surface area contributed by atoms with Crippen LogP contribution in [0.15, 0.2) is 103 Å². The van der Waals surface area contributed by atoms with Crippen LogP contribution in [0.5, 0.6) is 5.75 Å². The summed E-state index contributed by atoms with van der Waals surface area (Å²) >= 11 is 0. The molecule has 9 atom stereocenters. The van der Waals surface area contributed by atoms with Crippen LogP contribution in [0, 0.1) is 11.3 Å². The number of carbonyl (C=O) groups excluding carboxylic acids is 8. The molecule has 8 amide bonds. The van der Waals surface area contributed by atoms with E-state index < -0.39 is 119 Å². The first-order chi connectivity index (χ1) is 49.6. The monoisotopic (exact) mass is 1460 g/mol. The van der Waals surface area contributed by atoms with Gasteiger partial charge >= 0.3 is 18.0 Å². The van der Waals surface area contributed by atoms with E-state index in [1.165, 1.54) is 36.1 Å². The van der Waals surface area contributed by atoms with Gasteiger partial charge < -0.3 is 81.4 Å². The fraction of sp³-hybridized carbons (Fsp3) is 0.493. The molecule has 30 nitrogen and oxygen atoms in total. The van der Waals surface area contributed by atoms with Crippen LogP contribution in [0.1, 0.15) is 143 Å². The fourth-order valence-corrected chi connectivity index (χ4v) is 12.4. The Balaban J connectivity index is 0.970. The van der Waals surface area contributed by atoms with Crippen molar-refractivity contribution < 1.29 is 87.7 Å². The minimum atomic E-state index is -2.03. The lowest BCUT2D eigenvalue weighted by Crippen LogP contribution is -2.61. The molecule has 105 heavy (non-hydrogen) atoms. The number of nitrogens with one attached hydrogen (secondary N) is 7. The van der Waals surface area contributed by atoms with Gasteiger partial charge in [-0.05, 0) is 99.0 Å². The Morgan fingerprint density at radius 3 is 2.10 bits per heavy atom. The molecule has 0 saturated carbocycles. The first-order valence-corrected chi connectivity index (χ1v) is 35.0. The Morgan fingerprint density at radius 2 is 1.44 bits per heavy atom. The zero-order valence-electron chi connectivity index (χ0n) is 61.6. The summed E-state index contributed by atoms with van der Waals surface area (Å²) in [5.41, 5.74) is 4.40. The number of hydrogen-bond donors (Lipinski definition) is 12. The lowest BCUT2D eigenvalue weighted by Gasteiger charge is -2.40. The molecular formula is C75H100N12O18. The van der Waals surface area contributed by atoms with Crippen molar-refractivity contribution in [3.8, 4) is 28.3 Å². The quantitative estimate of drug-likeness (QED) is 0.0190. The molecule has 0 bridgehead atoms. The lowest BCUT2D eigenvalue weighted by molar-refractivity contribution is -0.271. The highest BCUT2D eigenvalue weighted by molar-refractivity contribution is 6.00. The molecule has 0 radical (unpaired) electrons. The Labute approximate surface area is 610 Å². The Kier molecular flexibility index (Phi) is 28.6. The molecule has 2 aliphatic heterocycles. The van der Waals surface area contributed by atoms with E-state index >= 15 is 0 Å². The molecule has 1 saturated heterocycles. The third-order valence-electron chi connectivity index (χ3n) is 18.5. The Bertz CT molecular complexity index is 4000. The van der Waals surface area contributed by atoms with E-state index in [-0.39, 0.29) is 105 Å². The first kappa shape index (κ1) is 82.1. The van der Waals surface area contributed by atoms with E-state index in [2.05, 4.69) is 47.5 Å². The number of aliphatic carboxylic acids is 2. The van der Waals surface area contributed by atoms with Gasteiger partial charge in [0.1, 0.15) is 48.4 Å². The van der Waals surface area contributed by atoms with Gasteiger partial charge in [-0.2, -0.15) is 0 Å². The summed E-state index contributed by atoms with van der Waals surface area (Å²) in [6.07, 6.45) is -8.88. The number of fused-ring (bicyclic) bond motifs is 5. The predicted octanol–water partition coefficient (Wildman–Crippen LogP) is 5.36. The topological polar surface area (TPSA) is 421 Å². The first-order valence-electron chi connectivity index (χ1n) is 35.0. The third kappa shape index (κ3) is 21.1. The maximum atomic E-state index is 14.4. The molecule has 5 aromatic rings. The van der Waals surface area contributed by atoms with Gasteiger partial charge in [0.25, 0.3) is 0 Å². The number of ether oxygens (including phenoxy) is 3. The normalized spacial score (nSPS) is 17.7. The van der Waals surface area contributed by atoms with Gasteiger partial charge in [0.15, 0.2) is 6.10 Å². The highest BCUT2D eigenvalue weighted by atomic mass is 16.7. The standard InChI is InChI=1S/C75H100N12O18/c1-14-55(88)79-38-51(81-57(90)28-19-20-29-58(91)86-39-45-22-15-16-25-49(45)59-60(87(42(4)5)84-83-59)50-26-17-18-27-52(50)86)67(95)77-33-32-56(89)78-37-46-35-44(30-31-54(46)104-72-63(94)61(92)62(93)64(105-72)71(100)101)40-103-73(102)80-48-24-21-23-47(36-48)75(10,11)65(76-12)68(96)82-66(74(7,8)9)69(97)85(13)53(41(2)3)34-43(6)70(98)99/h15-18,21-27,30-31,34-36,41-42,51,53,61-66,72,76,92-94H,14,19-20,28-29,32-33,37-40H2,1-13H3,(H,77,95)(H,78,89)(H,79,88)(H,80,102)(H,81,90)(H,82,96)(H,98,99)(H,100,101)/b43-34+/t51-,53+,61-,62-,63+,64-,65+,66+,72+/m0/s1. The smallest absolute Gasteiger partial charge is 0.411 e. The third-order valence-corrected chi connectivity index (χ3v) is 18.5. The number of carboxylic acid groups (broad SMARTS) is 2. The van der Waals surface area contributed by atoms with E-state index in [1.54, 1.807) is 50.2 Å². The number of para-hydroxylation sites is 1. The number of aliphatic hydroxyl groups excluding tert-OH is 3. The van der Waals surface area contributed by atoms with Gasteiger partial charge in [-0.25, -0.2) is 19.1 Å². The van der Waals surface area contributed by atoms with Crippen molar-refractivity contribution in [2.24, 2.45) is 11.3 Å². The number of carbonyl (C=O) groups is 10. The van der Waals surface area contributed by atoms with Crippen molar-refractivity contribution in [3.63, 3.8) is 0 Å². The number of aromatic nitrogens is 3. The molecule has 0 aliphatic carbocycles. The van der Waals surface area contributed by atoms with Gasteiger partial charge in [-0.15, -0.1) is 5.10 Å². The average molecular weight is 1460 g/mol. The number of aliphatic hydroxyl groups is 3. The molecule has 30 heteroatoms. The van der Waals surface area contributed by atoms with Crippen molar-refractivity contribution in [2.45, 2.75) is 201 Å². The van der Waals surface area contributed by atoms with Gasteiger partial charge in [0, 0.05) is 91.8 Å². The SMILES string of the molecule is CCC(=O)NC[C@H](NC(=O)CCCCC(=O)N1Cc2ccccc2-c2nnn(C(C)C)c2-c2ccccc21)C(=O)NCCC(=O)NCc1cc(COC(=O)Nc2cccc(C(C)(C)[C@H](NC)C(=O)N[C@H](C(=O)N(C)[C@H](/C=C(\C)C(=O)O)C(C)C)C(C)(C)C)c2)ccc1O[C@@H]1O[C@H](C(=O)O)[C@@H](O)[C@H](O)[C@H]1O. The van der Waals surface area contributed by atoms with Crippen molar-refractivity contribution in [1.82, 2.24) is 51.8 Å². The summed E-state index contributed by atoms with van der Waals surface area (Å²) in [6.45, 7) is 18.9. The largest absolute Gasteiger partial charge is 0.479 e. The summed E-state index contributed by atoms with van der Waals surface area (Å²) in [7, 11) is 3.17. The molecule has 0 spiro atoms. The molecule has 3 heterocycles. The van der Waals surface area contributed by atoms with Gasteiger partial charge in [0.2, 0.25) is 47.6 Å². The second-order valence-electron chi connectivity index (χ2n) is 28.4. The molecule has 568 valence electrons. The van der Waals surface area contributed by atoms with Crippen molar-refractivity contribution >= 4 is 70.8 Å². The maximum absolute atomic E-state index is 14.4. The number of anilines is 2. The van der Waals surface area contributed by atoms with Crippen LogP contribution in [0.25, 0.3) is 22.5 Å². The highest BCUT2D eigenvalue weighted by Gasteiger charge is 2.49. The number of hydrogen-bond acceptors (Lipinski definition) is 19. The zero-order valence-corrected chi connectivity index (χ0v) is 61.6. The number of amides is 8. The van der Waals surface area contributed by atoms with Crippen LogP contribution in [0.2, 0.25) is 0 Å². The van der Waals surface area contributed by atoms with E-state index in [1.807, 2.05) is 116 Å². The van der Waals surface area contributed by atoms with Crippen LogP contribution in [-0.4, -0.2) is 187 Å². The number of rotatable bonds is 32. The van der Waals surface area contributed by atoms with Crippen molar-refractivity contribution in [3.05, 3.63) is 125 Å². The molecule has 7 rings (SSSR count). The lowest BCUT2D eigenvalue weighted by atomic mass is 9.76. The van der Waals surface area contributed by atoms with Crippen molar-refractivity contribution in [1.29, 1.82) is 0 Å². The summed E-state index contributed by atoms with van der Waals surface area (Å²) in [6, 6.07) is 22.4. The molecule has 4 aromatic carbocycles. The van der Waals surface area contributed by atoms with Crippen molar-refractivity contribution in [2.75, 3.05) is 37.4 Å². The molecular weight excluding hydrogens is 1360 g/mol. The summed E-state index contributed by atoms with van der Waals surface area (Å²) < 4.78 is 18.7. The predicted molar refractivity (Wildman–Crippen MR) is 387 cm³/mol. The molecule has 1 fully saturated rings. The maximum Gasteiger partial charge on any atom is 0.411 e. The Morgan fingerprint density at radius 1 is 0.752 bits per heavy atom. The minimum Gasteiger partial charge on any atom is -0.479 e. The van der Waals surface area contributed by atoms with Gasteiger partial charge in [0.05, 0.1) is 30.0 Å². The molecule has 0 unspecified atom stereocenters. The van der Waals surface area contributed by atoms with Crippen LogP contribution < -0.4 is 46.9 Å². The zero-order chi connectivity index (χ0) is 77.4. The number of benzene rings is 4. The minimum absolute atomic E-state index is 0.0275. The molecule has 12 N–H and O–H groups in total. The van der Waals surface area contributed by atoms with E-state index in [9.17, 15) is 73.5 Å². The number of nitrogens with zero attached hydrogens (tertiary/aromatic N) is 5. The molecule has 2 aliphatic rings. The highest BCUT2D eigenvalue weighted by Crippen LogP contribution is 2.42. The van der Waals surface area contributed by atoms with E-state index in [0.29, 0.717) is 23.2 Å². The van der Waals surface area contributed by atoms with Crippen LogP contribution in [0.3, 0.4) is 0 Å². The summed E-state index contributed by atoms with van der Waals surface area (Å²) in [4.78, 5) is 136. The number of carboxylic acids is 2. The van der Waals surface area contributed by atoms with Gasteiger partial charge in [-0.1, -0.05) is 127 Å². The van der Waals surface area contributed by atoms with Crippen LogP contribution in [0.4, 0.5) is 16.2 Å². The fourth-order valence-electron chi connectivity index (χ4n) is 12.4. The summed E-state index contributed by atoms with van der Waals surface area (Å²) in [5, 5.41) is 79.5. The Hall–Kier alpha value is -10.1. The average Bonchev–Trinajstić information content (AvgIpc) is 1.67. The second kappa shape index (κ2) is 36.5. The van der Waals surface area contributed by atoms with E-state index in [0.717, 1.165) is 28.1 Å². The van der Waals surface area contributed by atoms with Crippen LogP contribution in [-0.2, 0) is 77.7 Å². The van der Waals surface area contributed by atoms with Crippen LogP contribution >= 0.6 is 0 Å². The number of likely N-dealkylation sites (N-methyl/N-ethyl adjacent to an activating group) is 2. The number of unbranched alkanes of at least 4 members (excludes halogenated alkanes) is 1. The molecule has 1 aromatic heterocycles. The summed E-state index contributed by atoms with van der Waals surface area (Å²) in [5.74, 6) is -6.40.